The first-order valence-corrected chi connectivity index (χ1v) is 16.8. The van der Waals surface area contributed by atoms with E-state index >= 15 is 0 Å². The Hall–Kier alpha value is -6.52. The van der Waals surface area contributed by atoms with E-state index < -0.39 is 11.2 Å². The molecule has 0 saturated carbocycles. The van der Waals surface area contributed by atoms with Gasteiger partial charge in [0.25, 0.3) is 0 Å². The van der Waals surface area contributed by atoms with Crippen LogP contribution in [0.4, 0.5) is 0 Å². The number of hydrogen-bond donors (Lipinski definition) is 2. The van der Waals surface area contributed by atoms with Gasteiger partial charge in [-0.15, -0.1) is 0 Å². The number of benzene rings is 8. The van der Waals surface area contributed by atoms with Crippen molar-refractivity contribution in [1.82, 2.24) is 0 Å². The Morgan fingerprint density at radius 2 is 0.580 bits per heavy atom. The second-order valence-corrected chi connectivity index (χ2v) is 13.0. The first-order valence-electron chi connectivity index (χ1n) is 16.8. The van der Waals surface area contributed by atoms with E-state index in [-0.39, 0.29) is 11.5 Å². The average molecular weight is 647 g/mol. The second kappa shape index (κ2) is 10.5. The topological polar surface area (TPSA) is 58.9 Å². The number of fused-ring (bicyclic) bond motifs is 4. The van der Waals surface area contributed by atoms with Crippen molar-refractivity contribution in [3.8, 4) is 34.1 Å². The van der Waals surface area contributed by atoms with Crippen molar-refractivity contribution in [2.24, 2.45) is 0 Å². The van der Waals surface area contributed by atoms with Crippen molar-refractivity contribution in [1.29, 1.82) is 0 Å². The van der Waals surface area contributed by atoms with Crippen LogP contribution >= 0.6 is 0 Å². The van der Waals surface area contributed by atoms with Crippen LogP contribution < -0.4 is 9.47 Å². The first kappa shape index (κ1) is 28.5. The summed E-state index contributed by atoms with van der Waals surface area (Å²) in [5.74, 6) is 1.44. The Kier molecular flexibility index (Phi) is 5.98. The maximum atomic E-state index is 12.7. The van der Waals surface area contributed by atoms with Crippen molar-refractivity contribution in [3.63, 3.8) is 0 Å². The van der Waals surface area contributed by atoms with E-state index in [1.54, 1.807) is 0 Å². The van der Waals surface area contributed by atoms with Gasteiger partial charge in [-0.2, -0.15) is 0 Å². The molecule has 0 radical (unpaired) electrons. The van der Waals surface area contributed by atoms with Crippen LogP contribution in [0.5, 0.6) is 23.0 Å². The number of rotatable bonds is 4. The zero-order valence-corrected chi connectivity index (χ0v) is 26.9. The van der Waals surface area contributed by atoms with Crippen LogP contribution in [0.3, 0.4) is 0 Å². The summed E-state index contributed by atoms with van der Waals surface area (Å²) in [6, 6.07) is 55.9. The van der Waals surface area contributed by atoms with Gasteiger partial charge in [-0.1, -0.05) is 170 Å². The number of phenolic OH excluding ortho intramolecular Hbond substituents is 2. The van der Waals surface area contributed by atoms with E-state index in [1.165, 1.54) is 0 Å². The molecule has 0 amide bonds. The van der Waals surface area contributed by atoms with Gasteiger partial charge in [-0.25, -0.2) is 0 Å². The van der Waals surface area contributed by atoms with Crippen molar-refractivity contribution >= 4 is 21.5 Å². The van der Waals surface area contributed by atoms with Gasteiger partial charge < -0.3 is 19.7 Å². The van der Waals surface area contributed by atoms with Crippen LogP contribution in [0, 0.1) is 0 Å². The highest BCUT2D eigenvalue weighted by atomic mass is 16.5. The molecule has 0 bridgehead atoms. The minimum atomic E-state index is -1.28. The molecule has 0 unspecified atom stereocenters. The summed E-state index contributed by atoms with van der Waals surface area (Å²) in [5, 5.41) is 28.2. The normalized spacial score (nSPS) is 14.8. The SMILES string of the molecule is Oc1c2c3c(c4ccccc14)OC(c1ccccc1)(c1ccccc1)c1c-3c(c3ccccc3c1O)OC2(c1ccccc1)c1ccccc1. The van der Waals surface area contributed by atoms with Gasteiger partial charge in [0.15, 0.2) is 11.2 Å². The van der Waals surface area contributed by atoms with Crippen molar-refractivity contribution < 1.29 is 19.7 Å². The van der Waals surface area contributed by atoms with E-state index in [0.717, 1.165) is 33.0 Å². The third-order valence-electron chi connectivity index (χ3n) is 10.5. The Labute approximate surface area is 289 Å². The third kappa shape index (κ3) is 3.60. The largest absolute Gasteiger partial charge is 0.507 e. The predicted octanol–water partition coefficient (Wildman–Crippen LogP) is 10.4. The Morgan fingerprint density at radius 1 is 0.320 bits per heavy atom. The van der Waals surface area contributed by atoms with E-state index in [1.807, 2.05) is 170 Å². The van der Waals surface area contributed by atoms with Crippen LogP contribution in [0.2, 0.25) is 0 Å². The van der Waals surface area contributed by atoms with Crippen molar-refractivity contribution in [2.75, 3.05) is 0 Å². The fourth-order valence-electron chi connectivity index (χ4n) is 8.40. The van der Waals surface area contributed by atoms with Gasteiger partial charge >= 0.3 is 0 Å². The molecular weight excluding hydrogens is 617 g/mol. The number of phenols is 2. The summed E-state index contributed by atoms with van der Waals surface area (Å²) in [6.45, 7) is 0. The fraction of sp³-hybridized carbons (Fsp3) is 0.0435. The van der Waals surface area contributed by atoms with Gasteiger partial charge in [0.05, 0.1) is 11.1 Å². The van der Waals surface area contributed by atoms with Gasteiger partial charge in [0, 0.05) is 54.9 Å². The lowest BCUT2D eigenvalue weighted by Crippen LogP contribution is -2.44. The monoisotopic (exact) mass is 646 g/mol. The van der Waals surface area contributed by atoms with Gasteiger partial charge in [0.2, 0.25) is 0 Å². The zero-order chi connectivity index (χ0) is 33.5. The smallest absolute Gasteiger partial charge is 0.189 e. The average Bonchev–Trinajstić information content (AvgIpc) is 3.20. The summed E-state index contributed by atoms with van der Waals surface area (Å²) in [4.78, 5) is 0. The van der Waals surface area contributed by atoms with Gasteiger partial charge in [-0.05, 0) is 0 Å². The molecular formula is C46H30O4. The van der Waals surface area contributed by atoms with E-state index in [4.69, 9.17) is 9.47 Å². The number of ether oxygens (including phenoxy) is 2. The maximum absolute atomic E-state index is 12.7. The van der Waals surface area contributed by atoms with Crippen LogP contribution in [-0.4, -0.2) is 10.2 Å². The quantitative estimate of drug-likeness (QED) is 0.200. The molecule has 2 aliphatic rings. The van der Waals surface area contributed by atoms with E-state index in [0.29, 0.717) is 44.5 Å². The minimum Gasteiger partial charge on any atom is -0.507 e. The highest BCUT2D eigenvalue weighted by Crippen LogP contribution is 2.68. The second-order valence-electron chi connectivity index (χ2n) is 13.0. The molecule has 0 aliphatic carbocycles. The lowest BCUT2D eigenvalue weighted by molar-refractivity contribution is 0.130. The number of hydrogen-bond acceptors (Lipinski definition) is 4. The molecule has 2 N–H and O–H groups in total. The molecule has 0 spiro atoms. The molecule has 8 aromatic carbocycles. The molecule has 10 rings (SSSR count). The van der Waals surface area contributed by atoms with E-state index in [9.17, 15) is 10.2 Å². The summed E-state index contributed by atoms with van der Waals surface area (Å²) in [5.41, 5.74) is 3.39. The molecule has 0 atom stereocenters. The van der Waals surface area contributed by atoms with Gasteiger partial charge in [-0.3, -0.25) is 0 Å². The highest BCUT2D eigenvalue weighted by Gasteiger charge is 2.56. The highest BCUT2D eigenvalue weighted by molar-refractivity contribution is 6.11. The zero-order valence-electron chi connectivity index (χ0n) is 26.9. The summed E-state index contributed by atoms with van der Waals surface area (Å²) in [7, 11) is 0. The van der Waals surface area contributed by atoms with Crippen molar-refractivity contribution in [2.45, 2.75) is 11.2 Å². The molecule has 4 nitrogen and oxygen atoms in total. The van der Waals surface area contributed by atoms with E-state index in [2.05, 4.69) is 0 Å². The van der Waals surface area contributed by atoms with Gasteiger partial charge in [0.1, 0.15) is 23.0 Å². The van der Waals surface area contributed by atoms with Crippen LogP contribution in [0.25, 0.3) is 32.7 Å². The molecule has 2 aliphatic heterocycles. The minimum absolute atomic E-state index is 0.104. The lowest BCUT2D eigenvalue weighted by Gasteiger charge is -2.48. The summed E-state index contributed by atoms with van der Waals surface area (Å²) < 4.78 is 15.2. The van der Waals surface area contributed by atoms with Crippen LogP contribution in [0.15, 0.2) is 170 Å². The lowest BCUT2D eigenvalue weighted by atomic mass is 9.67. The molecule has 0 aromatic heterocycles. The molecule has 50 heavy (non-hydrogen) atoms. The summed E-state index contributed by atoms with van der Waals surface area (Å²) in [6.07, 6.45) is 0. The molecule has 8 aromatic rings. The molecule has 2 heterocycles. The fourth-order valence-corrected chi connectivity index (χ4v) is 8.40. The Morgan fingerprint density at radius 3 is 0.880 bits per heavy atom. The predicted molar refractivity (Wildman–Crippen MR) is 197 cm³/mol. The van der Waals surface area contributed by atoms with Crippen molar-refractivity contribution in [3.05, 3.63) is 203 Å². The summed E-state index contributed by atoms with van der Waals surface area (Å²) >= 11 is 0. The first-order chi connectivity index (χ1) is 24.6. The third-order valence-corrected chi connectivity index (χ3v) is 10.5. The Balaban J connectivity index is 1.49. The molecule has 4 heteroatoms. The standard InChI is InChI=1S/C46H30O4/c47-41-33-25-13-16-28-36(33)44-37-38-40(46(50-44,31-21-9-3-10-22-31)32-23-11-4-12-24-32)42(48)34-26-14-15-27-35(34)43(38)49-45(39(37)41,29-17-5-1-6-18-29)30-19-7-2-8-20-30/h1-28,47-48H. The van der Waals surface area contributed by atoms with Crippen LogP contribution in [-0.2, 0) is 11.2 Å². The molecule has 0 saturated heterocycles. The van der Waals surface area contributed by atoms with Crippen LogP contribution in [0.1, 0.15) is 33.4 Å². The number of aromatic hydroxyl groups is 2. The Bertz CT molecular complexity index is 2340. The maximum Gasteiger partial charge on any atom is 0.189 e. The molecule has 0 fully saturated rings. The molecule has 238 valence electrons.